The smallest absolute Gasteiger partial charge is 0.462 e. The quantitative estimate of drug-likeness (QED) is 0.0271. The van der Waals surface area contributed by atoms with Crippen molar-refractivity contribution in [3.63, 3.8) is 0 Å². The highest BCUT2D eigenvalue weighted by molar-refractivity contribution is 7.46. The van der Waals surface area contributed by atoms with Crippen molar-refractivity contribution in [3.8, 4) is 0 Å². The van der Waals surface area contributed by atoms with E-state index in [9.17, 15) is 14.2 Å². The Bertz CT molecular complexity index is 904. The van der Waals surface area contributed by atoms with Gasteiger partial charge in [0.25, 0.3) is 0 Å². The van der Waals surface area contributed by atoms with Gasteiger partial charge in [0.05, 0.1) is 6.61 Å². The summed E-state index contributed by atoms with van der Waals surface area (Å²) in [6.45, 7) is 3.71. The SMILES string of the molecule is CCCCCCCC/C=C/CCCCCCCC(=O)O[C@H](COC(=O)CCCCCCCCCCCCCCCCCCCCCCCC)COP(=O)(O)O. The molecule has 0 aromatic heterocycles. The first-order valence-electron chi connectivity index (χ1n) is 23.5. The van der Waals surface area contributed by atoms with Crippen LogP contribution in [-0.4, -0.2) is 41.0 Å². The lowest BCUT2D eigenvalue weighted by Gasteiger charge is -2.18. The maximum atomic E-state index is 12.4. The molecule has 326 valence electrons. The van der Waals surface area contributed by atoms with E-state index in [-0.39, 0.29) is 19.4 Å². The zero-order valence-electron chi connectivity index (χ0n) is 36.1. The second-order valence-corrected chi connectivity index (χ2v) is 17.3. The Morgan fingerprint density at radius 3 is 1.11 bits per heavy atom. The Hall–Kier alpha value is -1.21. The van der Waals surface area contributed by atoms with Gasteiger partial charge < -0.3 is 19.3 Å². The summed E-state index contributed by atoms with van der Waals surface area (Å²) < 4.78 is 26.4. The number of phosphoric ester groups is 1. The number of phosphoric acid groups is 1. The number of unbranched alkanes of at least 4 members (excludes halogenated alkanes) is 32. The highest BCUT2D eigenvalue weighted by atomic mass is 31.2. The molecule has 0 radical (unpaired) electrons. The molecule has 0 aliphatic rings. The van der Waals surface area contributed by atoms with Crippen molar-refractivity contribution in [1.29, 1.82) is 0 Å². The van der Waals surface area contributed by atoms with Crippen molar-refractivity contribution in [2.75, 3.05) is 13.2 Å². The first-order chi connectivity index (χ1) is 26.8. The van der Waals surface area contributed by atoms with Crippen molar-refractivity contribution < 1.29 is 37.9 Å². The topological polar surface area (TPSA) is 119 Å². The first-order valence-corrected chi connectivity index (χ1v) is 25.0. The molecule has 0 aliphatic heterocycles. The fourth-order valence-electron chi connectivity index (χ4n) is 7.02. The normalized spacial score (nSPS) is 12.4. The van der Waals surface area contributed by atoms with E-state index in [1.807, 2.05) is 0 Å². The fourth-order valence-corrected chi connectivity index (χ4v) is 7.38. The standard InChI is InChI=1S/C46H89O8P/c1-3-5-7-9-11-13-15-17-19-20-21-22-23-24-25-27-28-30-32-34-36-38-40-45(47)52-42-44(43-53-55(49,50)51)54-46(48)41-39-37-35-33-31-29-26-18-16-14-12-10-8-6-4-2/h18,26,44H,3-17,19-25,27-43H2,1-2H3,(H2,49,50,51)/b26-18+/t44-/m1/s1. The number of carbonyl (C=O) groups excluding carboxylic acids is 2. The van der Waals surface area contributed by atoms with Gasteiger partial charge in [0, 0.05) is 12.8 Å². The Balaban J connectivity index is 3.80. The van der Waals surface area contributed by atoms with Crippen LogP contribution in [0, 0.1) is 0 Å². The van der Waals surface area contributed by atoms with Crippen LogP contribution in [0.3, 0.4) is 0 Å². The van der Waals surface area contributed by atoms with Crippen molar-refractivity contribution >= 4 is 19.8 Å². The Labute approximate surface area is 339 Å². The zero-order valence-corrected chi connectivity index (χ0v) is 37.0. The van der Waals surface area contributed by atoms with E-state index in [2.05, 4.69) is 30.5 Å². The maximum absolute atomic E-state index is 12.4. The van der Waals surface area contributed by atoms with Crippen LogP contribution in [0.25, 0.3) is 0 Å². The predicted molar refractivity (Wildman–Crippen MR) is 230 cm³/mol. The minimum absolute atomic E-state index is 0.206. The number of ether oxygens (including phenoxy) is 2. The second-order valence-electron chi connectivity index (χ2n) is 16.1. The minimum atomic E-state index is -4.75. The van der Waals surface area contributed by atoms with Crippen LogP contribution in [0.4, 0.5) is 0 Å². The third-order valence-electron chi connectivity index (χ3n) is 10.5. The summed E-state index contributed by atoms with van der Waals surface area (Å²) in [5.74, 6) is -0.879. The molecule has 0 heterocycles. The van der Waals surface area contributed by atoms with E-state index in [4.69, 9.17) is 19.3 Å². The van der Waals surface area contributed by atoms with Crippen LogP contribution in [0.1, 0.15) is 251 Å². The van der Waals surface area contributed by atoms with Gasteiger partial charge in [-0.25, -0.2) is 4.57 Å². The molecule has 0 saturated carbocycles. The van der Waals surface area contributed by atoms with Crippen LogP contribution < -0.4 is 0 Å². The summed E-state index contributed by atoms with van der Waals surface area (Å²) in [7, 11) is -4.75. The first kappa shape index (κ1) is 53.8. The molecule has 0 aromatic carbocycles. The molecular weight excluding hydrogens is 711 g/mol. The molecule has 2 N–H and O–H groups in total. The van der Waals surface area contributed by atoms with E-state index >= 15 is 0 Å². The molecule has 0 aromatic rings. The molecule has 55 heavy (non-hydrogen) atoms. The summed E-state index contributed by atoms with van der Waals surface area (Å²) in [6, 6.07) is 0. The molecule has 0 bridgehead atoms. The minimum Gasteiger partial charge on any atom is -0.462 e. The van der Waals surface area contributed by atoms with Crippen molar-refractivity contribution in [3.05, 3.63) is 12.2 Å². The maximum Gasteiger partial charge on any atom is 0.469 e. The third-order valence-corrected chi connectivity index (χ3v) is 11.0. The molecular formula is C46H89O8P. The number of carbonyl (C=O) groups is 2. The molecule has 0 aliphatic carbocycles. The largest absolute Gasteiger partial charge is 0.469 e. The molecule has 0 saturated heterocycles. The second kappa shape index (κ2) is 42.4. The molecule has 0 fully saturated rings. The molecule has 8 nitrogen and oxygen atoms in total. The molecule has 9 heteroatoms. The van der Waals surface area contributed by atoms with Gasteiger partial charge in [0.15, 0.2) is 6.10 Å². The zero-order chi connectivity index (χ0) is 40.3. The number of hydrogen-bond acceptors (Lipinski definition) is 6. The van der Waals surface area contributed by atoms with Gasteiger partial charge in [-0.1, -0.05) is 212 Å². The van der Waals surface area contributed by atoms with E-state index in [1.54, 1.807) is 0 Å². The Morgan fingerprint density at radius 2 is 0.764 bits per heavy atom. The summed E-state index contributed by atoms with van der Waals surface area (Å²) >= 11 is 0. The molecule has 0 spiro atoms. The predicted octanol–water partition coefficient (Wildman–Crippen LogP) is 14.6. The van der Waals surface area contributed by atoms with Crippen molar-refractivity contribution in [2.24, 2.45) is 0 Å². The highest BCUT2D eigenvalue weighted by Crippen LogP contribution is 2.36. The molecule has 0 rings (SSSR count). The highest BCUT2D eigenvalue weighted by Gasteiger charge is 2.23. The summed E-state index contributed by atoms with van der Waals surface area (Å²) in [6.07, 6.45) is 48.0. The van der Waals surface area contributed by atoms with Gasteiger partial charge in [-0.05, 0) is 38.5 Å². The van der Waals surface area contributed by atoms with Crippen LogP contribution in [-0.2, 0) is 28.2 Å². The number of hydrogen-bond donors (Lipinski definition) is 2. The number of esters is 2. The van der Waals surface area contributed by atoms with Gasteiger partial charge >= 0.3 is 19.8 Å². The van der Waals surface area contributed by atoms with Crippen molar-refractivity contribution in [1.82, 2.24) is 0 Å². The van der Waals surface area contributed by atoms with Gasteiger partial charge in [-0.15, -0.1) is 0 Å². The van der Waals surface area contributed by atoms with Gasteiger partial charge in [0.1, 0.15) is 6.61 Å². The van der Waals surface area contributed by atoms with E-state index in [1.165, 1.54) is 167 Å². The molecule has 0 unspecified atom stereocenters. The average molecular weight is 801 g/mol. The summed E-state index contributed by atoms with van der Waals surface area (Å²) in [5.41, 5.74) is 0. The van der Waals surface area contributed by atoms with E-state index < -0.39 is 32.5 Å². The summed E-state index contributed by atoms with van der Waals surface area (Å²) in [5, 5.41) is 0. The van der Waals surface area contributed by atoms with Crippen LogP contribution in [0.15, 0.2) is 12.2 Å². The number of rotatable bonds is 44. The lowest BCUT2D eigenvalue weighted by Crippen LogP contribution is -2.29. The van der Waals surface area contributed by atoms with Gasteiger partial charge in [0.2, 0.25) is 0 Å². The Morgan fingerprint density at radius 1 is 0.455 bits per heavy atom. The summed E-state index contributed by atoms with van der Waals surface area (Å²) in [4.78, 5) is 42.9. The van der Waals surface area contributed by atoms with Crippen molar-refractivity contribution in [2.45, 2.75) is 258 Å². The third kappa shape index (κ3) is 45.4. The van der Waals surface area contributed by atoms with Gasteiger partial charge in [-0.3, -0.25) is 14.1 Å². The molecule has 1 atom stereocenters. The number of allylic oxidation sites excluding steroid dienone is 2. The lowest BCUT2D eigenvalue weighted by atomic mass is 10.0. The monoisotopic (exact) mass is 801 g/mol. The fraction of sp³-hybridized carbons (Fsp3) is 0.913. The molecule has 0 amide bonds. The average Bonchev–Trinajstić information content (AvgIpc) is 3.16. The van der Waals surface area contributed by atoms with E-state index in [0.29, 0.717) is 6.42 Å². The van der Waals surface area contributed by atoms with Gasteiger partial charge in [-0.2, -0.15) is 0 Å². The van der Waals surface area contributed by atoms with Crippen LogP contribution >= 0.6 is 7.82 Å². The van der Waals surface area contributed by atoms with E-state index in [0.717, 1.165) is 51.4 Å². The van der Waals surface area contributed by atoms with Crippen LogP contribution in [0.5, 0.6) is 0 Å². The Kier molecular flexibility index (Phi) is 41.5. The lowest BCUT2D eigenvalue weighted by molar-refractivity contribution is -0.161. The van der Waals surface area contributed by atoms with Crippen LogP contribution in [0.2, 0.25) is 0 Å².